The first-order valence-corrected chi connectivity index (χ1v) is 8.37. The molecule has 0 unspecified atom stereocenters. The van der Waals surface area contributed by atoms with Gasteiger partial charge in [0.15, 0.2) is 18.4 Å². The van der Waals surface area contributed by atoms with Gasteiger partial charge in [0.25, 0.3) is 5.56 Å². The molecular formula is C16H17F3N2O9. The molecule has 1 aromatic rings. The van der Waals surface area contributed by atoms with Crippen LogP contribution < -0.4 is 11.2 Å². The van der Waals surface area contributed by atoms with Crippen LogP contribution >= 0.6 is 0 Å². The summed E-state index contributed by atoms with van der Waals surface area (Å²) in [5.41, 5.74) is -4.69. The fourth-order valence-electron chi connectivity index (χ4n) is 2.79. The van der Waals surface area contributed by atoms with Crippen LogP contribution in [0, 0.1) is 0 Å². The van der Waals surface area contributed by atoms with Gasteiger partial charge < -0.3 is 18.9 Å². The van der Waals surface area contributed by atoms with Crippen molar-refractivity contribution in [3.8, 4) is 0 Å². The van der Waals surface area contributed by atoms with Crippen molar-refractivity contribution < 1.29 is 46.5 Å². The van der Waals surface area contributed by atoms with E-state index in [4.69, 9.17) is 18.9 Å². The molecule has 0 bridgehead atoms. The molecule has 166 valence electrons. The molecule has 2 heterocycles. The number of carbonyl (C=O) groups excluding carboxylic acids is 3. The summed E-state index contributed by atoms with van der Waals surface area (Å²) in [5.74, 6) is -2.53. The maximum Gasteiger partial charge on any atom is 0.423 e. The first-order valence-electron chi connectivity index (χ1n) is 8.37. The number of aromatic amines is 1. The molecule has 0 radical (unpaired) electrons. The van der Waals surface area contributed by atoms with E-state index >= 15 is 0 Å². The smallest absolute Gasteiger partial charge is 0.423 e. The summed E-state index contributed by atoms with van der Waals surface area (Å²) >= 11 is 0. The minimum Gasteiger partial charge on any atom is -0.463 e. The Hall–Kier alpha value is -3.16. The fourth-order valence-corrected chi connectivity index (χ4v) is 2.79. The number of halogens is 3. The fraction of sp³-hybridized carbons (Fsp3) is 0.562. The Kier molecular flexibility index (Phi) is 6.70. The van der Waals surface area contributed by atoms with Crippen molar-refractivity contribution in [3.05, 3.63) is 32.6 Å². The van der Waals surface area contributed by atoms with Crippen LogP contribution in [-0.4, -0.2) is 52.4 Å². The normalized spacial score (nSPS) is 23.7. The molecule has 1 aliphatic heterocycles. The van der Waals surface area contributed by atoms with Crippen LogP contribution in [0.2, 0.25) is 0 Å². The first-order chi connectivity index (χ1) is 13.8. The van der Waals surface area contributed by atoms with Crippen LogP contribution in [0.15, 0.2) is 15.8 Å². The molecule has 0 aromatic carbocycles. The lowest BCUT2D eigenvalue weighted by atomic mass is 10.1. The molecule has 1 aliphatic rings. The van der Waals surface area contributed by atoms with E-state index in [0.29, 0.717) is 4.57 Å². The lowest BCUT2D eigenvalue weighted by Crippen LogP contribution is -2.43. The van der Waals surface area contributed by atoms with E-state index < -0.39 is 72.0 Å². The number of ether oxygens (including phenoxy) is 4. The summed E-state index contributed by atoms with van der Waals surface area (Å²) < 4.78 is 60.0. The quantitative estimate of drug-likeness (QED) is 0.492. The summed E-state index contributed by atoms with van der Waals surface area (Å²) in [6.07, 6.45) is -10.9. The van der Waals surface area contributed by atoms with Gasteiger partial charge in [-0.05, 0) is 0 Å². The predicted molar refractivity (Wildman–Crippen MR) is 88.0 cm³/mol. The highest BCUT2D eigenvalue weighted by Gasteiger charge is 2.51. The number of hydrogen-bond donors (Lipinski definition) is 1. The van der Waals surface area contributed by atoms with Crippen LogP contribution in [0.25, 0.3) is 0 Å². The number of H-pyrrole nitrogens is 1. The van der Waals surface area contributed by atoms with Crippen molar-refractivity contribution >= 4 is 17.9 Å². The zero-order valence-electron chi connectivity index (χ0n) is 15.8. The van der Waals surface area contributed by atoms with Gasteiger partial charge in [-0.15, -0.1) is 0 Å². The third-order valence-electron chi connectivity index (χ3n) is 3.89. The number of rotatable bonds is 5. The van der Waals surface area contributed by atoms with Gasteiger partial charge in [-0.2, -0.15) is 13.2 Å². The van der Waals surface area contributed by atoms with Gasteiger partial charge in [0.05, 0.1) is 0 Å². The summed E-state index contributed by atoms with van der Waals surface area (Å²) in [7, 11) is 0. The number of nitrogens with one attached hydrogen (secondary N) is 1. The third kappa shape index (κ3) is 5.25. The average molecular weight is 438 g/mol. The Bertz CT molecular complexity index is 953. The maximum absolute atomic E-state index is 13.1. The third-order valence-corrected chi connectivity index (χ3v) is 3.89. The predicted octanol–water partition coefficient (Wildman–Crippen LogP) is -0.121. The molecule has 14 heteroatoms. The summed E-state index contributed by atoms with van der Waals surface area (Å²) in [5, 5.41) is 0. The van der Waals surface area contributed by atoms with Crippen LogP contribution in [0.3, 0.4) is 0 Å². The zero-order valence-corrected chi connectivity index (χ0v) is 15.8. The highest BCUT2D eigenvalue weighted by atomic mass is 19.4. The van der Waals surface area contributed by atoms with Crippen molar-refractivity contribution in [3.63, 3.8) is 0 Å². The van der Waals surface area contributed by atoms with E-state index in [1.54, 1.807) is 0 Å². The highest BCUT2D eigenvalue weighted by molar-refractivity contribution is 5.68. The molecule has 1 aromatic heterocycles. The minimum atomic E-state index is -5.11. The second-order valence-corrected chi connectivity index (χ2v) is 6.22. The van der Waals surface area contributed by atoms with Gasteiger partial charge in [0, 0.05) is 27.0 Å². The van der Waals surface area contributed by atoms with Gasteiger partial charge in [-0.3, -0.25) is 28.7 Å². The lowest BCUT2D eigenvalue weighted by molar-refractivity contribution is -0.166. The number of esters is 3. The lowest BCUT2D eigenvalue weighted by Gasteiger charge is -2.24. The molecule has 11 nitrogen and oxygen atoms in total. The van der Waals surface area contributed by atoms with Crippen molar-refractivity contribution in [1.82, 2.24) is 9.55 Å². The monoisotopic (exact) mass is 438 g/mol. The first kappa shape index (κ1) is 23.1. The van der Waals surface area contributed by atoms with Gasteiger partial charge in [0.2, 0.25) is 0 Å². The van der Waals surface area contributed by atoms with E-state index in [1.165, 1.54) is 4.98 Å². The topological polar surface area (TPSA) is 143 Å². The number of aromatic nitrogens is 2. The van der Waals surface area contributed by atoms with Crippen LogP contribution in [-0.2, 0) is 39.5 Å². The Morgan fingerprint density at radius 1 is 1.07 bits per heavy atom. The van der Waals surface area contributed by atoms with E-state index in [0.717, 1.165) is 20.8 Å². The molecule has 30 heavy (non-hydrogen) atoms. The van der Waals surface area contributed by atoms with Gasteiger partial charge in [0.1, 0.15) is 18.3 Å². The van der Waals surface area contributed by atoms with Crippen LogP contribution in [0.1, 0.15) is 32.6 Å². The molecular weight excluding hydrogens is 421 g/mol. The number of nitrogens with zero attached hydrogens (tertiary/aromatic N) is 1. The molecule has 2 rings (SSSR count). The van der Waals surface area contributed by atoms with Crippen molar-refractivity contribution in [2.75, 3.05) is 6.61 Å². The minimum absolute atomic E-state index is 0.196. The van der Waals surface area contributed by atoms with E-state index in [9.17, 15) is 37.1 Å². The average Bonchev–Trinajstić information content (AvgIpc) is 2.88. The van der Waals surface area contributed by atoms with Crippen molar-refractivity contribution in [2.24, 2.45) is 0 Å². The molecule has 4 atom stereocenters. The second kappa shape index (κ2) is 8.69. The van der Waals surface area contributed by atoms with Crippen molar-refractivity contribution in [2.45, 2.75) is 51.5 Å². The molecule has 0 aliphatic carbocycles. The van der Waals surface area contributed by atoms with Crippen LogP contribution in [0.4, 0.5) is 13.2 Å². The molecule has 1 saturated heterocycles. The molecule has 0 amide bonds. The SMILES string of the molecule is CC(=O)OC[C@H]1O[C@@H](n2cc(C(F)(F)F)c(=O)[nH]c2=O)[C@H](OC(C)=O)[C@@H]1OC(C)=O. The Balaban J connectivity index is 2.56. The largest absolute Gasteiger partial charge is 0.463 e. The van der Waals surface area contributed by atoms with Gasteiger partial charge >= 0.3 is 29.8 Å². The molecule has 0 saturated carbocycles. The number of hydrogen-bond acceptors (Lipinski definition) is 9. The van der Waals surface area contributed by atoms with Gasteiger partial charge in [-0.1, -0.05) is 0 Å². The maximum atomic E-state index is 13.1. The standard InChI is InChI=1S/C16H17F3N2O9/c1-6(22)27-5-10-11(28-7(2)23)12(29-8(3)24)14(30-10)21-4-9(16(17,18)19)13(25)20-15(21)26/h4,10-12,14H,5H2,1-3H3,(H,20,25,26)/t10-,11-,12-,14-/m1/s1. The van der Waals surface area contributed by atoms with Crippen LogP contribution in [0.5, 0.6) is 0 Å². The zero-order chi connectivity index (χ0) is 22.8. The Morgan fingerprint density at radius 3 is 2.13 bits per heavy atom. The van der Waals surface area contributed by atoms with E-state index in [-0.39, 0.29) is 6.20 Å². The highest BCUT2D eigenvalue weighted by Crippen LogP contribution is 2.34. The van der Waals surface area contributed by atoms with Crippen molar-refractivity contribution in [1.29, 1.82) is 0 Å². The Labute approximate surface area is 165 Å². The van der Waals surface area contributed by atoms with Gasteiger partial charge in [-0.25, -0.2) is 4.79 Å². The summed E-state index contributed by atoms with van der Waals surface area (Å²) in [6, 6.07) is 0. The number of carbonyl (C=O) groups is 3. The molecule has 1 N–H and O–H groups in total. The summed E-state index contributed by atoms with van der Waals surface area (Å²) in [4.78, 5) is 59.3. The summed E-state index contributed by atoms with van der Waals surface area (Å²) in [6.45, 7) is 2.53. The van der Waals surface area contributed by atoms with E-state index in [2.05, 4.69) is 0 Å². The number of alkyl halides is 3. The Morgan fingerprint density at radius 2 is 1.63 bits per heavy atom. The van der Waals surface area contributed by atoms with E-state index in [1.807, 2.05) is 0 Å². The molecule has 0 spiro atoms. The second-order valence-electron chi connectivity index (χ2n) is 6.22. The molecule has 1 fully saturated rings.